The van der Waals surface area contributed by atoms with Crippen LogP contribution in [0.25, 0.3) is 0 Å². The van der Waals surface area contributed by atoms with Crippen LogP contribution in [0.2, 0.25) is 0 Å². The maximum atomic E-state index is 13.5. The van der Waals surface area contributed by atoms with Crippen molar-refractivity contribution in [2.24, 2.45) is 0 Å². The summed E-state index contributed by atoms with van der Waals surface area (Å²) in [5, 5.41) is 2.36. The number of anilines is 1. The molecule has 0 unspecified atom stereocenters. The van der Waals surface area contributed by atoms with E-state index < -0.39 is 23.8 Å². The lowest BCUT2D eigenvalue weighted by Gasteiger charge is -2.14. The molecule has 0 aromatic heterocycles. The molecule has 7 heteroatoms. The molecular weight excluding hydrogens is 381 g/mol. The van der Waals surface area contributed by atoms with Gasteiger partial charge >= 0.3 is 5.97 Å². The molecule has 24 heavy (non-hydrogen) atoms. The summed E-state index contributed by atoms with van der Waals surface area (Å²) in [6, 6.07) is 12.7. The Morgan fingerprint density at radius 3 is 2.67 bits per heavy atom. The molecule has 2 rings (SSSR count). The summed E-state index contributed by atoms with van der Waals surface area (Å²) in [7, 11) is 0. The molecule has 1 amide bonds. The third kappa shape index (κ3) is 5.34. The molecule has 0 aliphatic rings. The van der Waals surface area contributed by atoms with E-state index in [0.29, 0.717) is 5.75 Å². The second-order valence-corrected chi connectivity index (χ2v) is 5.76. The number of nitrogens with one attached hydrogen (secondary N) is 1. The minimum Gasteiger partial charge on any atom is -0.482 e. The highest BCUT2D eigenvalue weighted by Crippen LogP contribution is 2.17. The van der Waals surface area contributed by atoms with Gasteiger partial charge < -0.3 is 14.8 Å². The second-order valence-electron chi connectivity index (χ2n) is 4.85. The summed E-state index contributed by atoms with van der Waals surface area (Å²) in [6.07, 6.45) is -1.08. The molecule has 5 nitrogen and oxygen atoms in total. The average Bonchev–Trinajstić information content (AvgIpc) is 2.55. The molecule has 2 aromatic carbocycles. The van der Waals surface area contributed by atoms with Crippen LogP contribution in [0.15, 0.2) is 53.0 Å². The summed E-state index contributed by atoms with van der Waals surface area (Å²) in [4.78, 5) is 23.6. The minimum absolute atomic E-state index is 0.0239. The SMILES string of the molecule is C[C@H](OC(=O)COc1cccc(Br)c1)C(=O)Nc1ccccc1F. The van der Waals surface area contributed by atoms with E-state index >= 15 is 0 Å². The molecule has 0 aliphatic heterocycles. The fourth-order valence-electron chi connectivity index (χ4n) is 1.78. The summed E-state index contributed by atoms with van der Waals surface area (Å²) < 4.78 is 24.5. The fraction of sp³-hybridized carbons (Fsp3) is 0.176. The molecule has 0 saturated carbocycles. The minimum atomic E-state index is -1.08. The topological polar surface area (TPSA) is 64.6 Å². The molecule has 126 valence electrons. The van der Waals surface area contributed by atoms with Gasteiger partial charge in [0.15, 0.2) is 12.7 Å². The smallest absolute Gasteiger partial charge is 0.344 e. The molecule has 0 bridgehead atoms. The Kier molecular flexibility index (Phi) is 6.31. The van der Waals surface area contributed by atoms with Crippen molar-refractivity contribution in [1.29, 1.82) is 0 Å². The van der Waals surface area contributed by atoms with Gasteiger partial charge in [-0.25, -0.2) is 9.18 Å². The van der Waals surface area contributed by atoms with Gasteiger partial charge in [-0.2, -0.15) is 0 Å². The summed E-state index contributed by atoms with van der Waals surface area (Å²) in [5.74, 6) is -1.41. The van der Waals surface area contributed by atoms with Crippen molar-refractivity contribution < 1.29 is 23.5 Å². The largest absolute Gasteiger partial charge is 0.482 e. The number of amides is 1. The van der Waals surface area contributed by atoms with Crippen LogP contribution in [0.1, 0.15) is 6.92 Å². The van der Waals surface area contributed by atoms with Crippen molar-refractivity contribution >= 4 is 33.5 Å². The van der Waals surface area contributed by atoms with E-state index in [-0.39, 0.29) is 12.3 Å². The number of esters is 1. The van der Waals surface area contributed by atoms with Gasteiger partial charge in [-0.3, -0.25) is 4.79 Å². The third-order valence-corrected chi connectivity index (χ3v) is 3.46. The third-order valence-electron chi connectivity index (χ3n) is 2.96. The summed E-state index contributed by atoms with van der Waals surface area (Å²) in [6.45, 7) is 1.06. The van der Waals surface area contributed by atoms with Crippen molar-refractivity contribution in [3.8, 4) is 5.75 Å². The number of hydrogen-bond acceptors (Lipinski definition) is 4. The molecule has 0 fully saturated rings. The lowest BCUT2D eigenvalue weighted by Crippen LogP contribution is -2.31. The average molecular weight is 396 g/mol. The van der Waals surface area contributed by atoms with Crippen molar-refractivity contribution in [2.75, 3.05) is 11.9 Å². The highest BCUT2D eigenvalue weighted by Gasteiger charge is 2.19. The normalized spacial score (nSPS) is 11.5. The molecule has 0 heterocycles. The molecule has 0 spiro atoms. The van der Waals surface area contributed by atoms with Gasteiger partial charge in [-0.15, -0.1) is 0 Å². The monoisotopic (exact) mass is 395 g/mol. The van der Waals surface area contributed by atoms with Gasteiger partial charge in [0.25, 0.3) is 5.91 Å². The Labute approximate surface area is 146 Å². The quantitative estimate of drug-likeness (QED) is 0.759. The van der Waals surface area contributed by atoms with E-state index in [1.165, 1.54) is 25.1 Å². The fourth-order valence-corrected chi connectivity index (χ4v) is 2.16. The van der Waals surface area contributed by atoms with E-state index in [1.807, 2.05) is 6.07 Å². The van der Waals surface area contributed by atoms with E-state index in [9.17, 15) is 14.0 Å². The van der Waals surface area contributed by atoms with E-state index in [2.05, 4.69) is 21.2 Å². The molecule has 0 aliphatic carbocycles. The van der Waals surface area contributed by atoms with Crippen LogP contribution in [0.4, 0.5) is 10.1 Å². The van der Waals surface area contributed by atoms with E-state index in [0.717, 1.165) is 4.47 Å². The molecule has 1 N–H and O–H groups in total. The molecule has 0 saturated heterocycles. The van der Waals surface area contributed by atoms with Crippen LogP contribution in [0.3, 0.4) is 0 Å². The zero-order valence-electron chi connectivity index (χ0n) is 12.8. The molecule has 0 radical (unpaired) electrons. The number of benzene rings is 2. The predicted octanol–water partition coefficient (Wildman–Crippen LogP) is 3.54. The van der Waals surface area contributed by atoms with Crippen LogP contribution in [0, 0.1) is 5.82 Å². The number of halogens is 2. The Balaban J connectivity index is 1.82. The Morgan fingerprint density at radius 1 is 1.21 bits per heavy atom. The van der Waals surface area contributed by atoms with E-state index in [1.54, 1.807) is 24.3 Å². The van der Waals surface area contributed by atoms with Crippen molar-refractivity contribution in [2.45, 2.75) is 13.0 Å². The lowest BCUT2D eigenvalue weighted by molar-refractivity contribution is -0.155. The maximum absolute atomic E-state index is 13.5. The van der Waals surface area contributed by atoms with Crippen LogP contribution in [0.5, 0.6) is 5.75 Å². The van der Waals surface area contributed by atoms with Crippen molar-refractivity contribution in [3.05, 3.63) is 58.8 Å². The highest BCUT2D eigenvalue weighted by atomic mass is 79.9. The van der Waals surface area contributed by atoms with Gasteiger partial charge in [0.1, 0.15) is 11.6 Å². The van der Waals surface area contributed by atoms with Gasteiger partial charge in [0.2, 0.25) is 0 Å². The Morgan fingerprint density at radius 2 is 1.96 bits per heavy atom. The first-order valence-electron chi connectivity index (χ1n) is 7.09. The van der Waals surface area contributed by atoms with Crippen molar-refractivity contribution in [3.63, 3.8) is 0 Å². The zero-order chi connectivity index (χ0) is 17.5. The first-order chi connectivity index (χ1) is 11.5. The molecule has 2 aromatic rings. The van der Waals surface area contributed by atoms with Crippen LogP contribution >= 0.6 is 15.9 Å². The Bertz CT molecular complexity index is 738. The van der Waals surface area contributed by atoms with Crippen LogP contribution in [-0.4, -0.2) is 24.6 Å². The molecular formula is C17H15BrFNO4. The Hall–Kier alpha value is -2.41. The number of carbonyl (C=O) groups excluding carboxylic acids is 2. The summed E-state index contributed by atoms with van der Waals surface area (Å²) >= 11 is 3.29. The maximum Gasteiger partial charge on any atom is 0.344 e. The van der Waals surface area contributed by atoms with Gasteiger partial charge in [0, 0.05) is 4.47 Å². The standard InChI is InChI=1S/C17H15BrFNO4/c1-11(17(22)20-15-8-3-2-7-14(15)19)24-16(21)10-23-13-6-4-5-12(18)9-13/h2-9,11H,10H2,1H3,(H,20,22)/t11-/m0/s1. The number of ether oxygens (including phenoxy) is 2. The molecule has 1 atom stereocenters. The predicted molar refractivity (Wildman–Crippen MR) is 90.2 cm³/mol. The number of hydrogen-bond donors (Lipinski definition) is 1. The zero-order valence-corrected chi connectivity index (χ0v) is 14.4. The van der Waals surface area contributed by atoms with Gasteiger partial charge in [-0.05, 0) is 37.3 Å². The van der Waals surface area contributed by atoms with E-state index in [4.69, 9.17) is 9.47 Å². The van der Waals surface area contributed by atoms with Crippen LogP contribution < -0.4 is 10.1 Å². The summed E-state index contributed by atoms with van der Waals surface area (Å²) in [5.41, 5.74) is 0.0239. The van der Waals surface area contributed by atoms with Crippen LogP contribution in [-0.2, 0) is 14.3 Å². The number of para-hydroxylation sites is 1. The lowest BCUT2D eigenvalue weighted by atomic mass is 10.3. The van der Waals surface area contributed by atoms with Crippen molar-refractivity contribution in [1.82, 2.24) is 0 Å². The first-order valence-corrected chi connectivity index (χ1v) is 7.88. The highest BCUT2D eigenvalue weighted by molar-refractivity contribution is 9.10. The first kappa shape index (κ1) is 17.9. The van der Waals surface area contributed by atoms with Gasteiger partial charge in [0.05, 0.1) is 5.69 Å². The number of carbonyl (C=O) groups is 2. The number of rotatable bonds is 6. The van der Waals surface area contributed by atoms with Gasteiger partial charge in [-0.1, -0.05) is 34.1 Å². The second kappa shape index (κ2) is 8.44.